The van der Waals surface area contributed by atoms with Crippen LogP contribution in [0.1, 0.15) is 46.5 Å². The van der Waals surface area contributed by atoms with E-state index in [0.29, 0.717) is 12.3 Å². The third-order valence-corrected chi connectivity index (χ3v) is 1.62. The SMILES string of the molecule is CC1CC=C(F)CC1.CCC. The first-order valence-corrected chi connectivity index (χ1v) is 4.55. The standard InChI is InChI=1S/C7H11F.C3H8/c1-6-2-4-7(8)5-3-6;1-3-2/h4,6H,2-3,5H2,1H3;3H2,1-2H3. The molecule has 1 aliphatic carbocycles. The Morgan fingerprint density at radius 2 is 2.09 bits per heavy atom. The van der Waals surface area contributed by atoms with Gasteiger partial charge in [-0.1, -0.05) is 33.3 Å². The van der Waals surface area contributed by atoms with Gasteiger partial charge in [-0.2, -0.15) is 0 Å². The molecular formula is C10H19F. The van der Waals surface area contributed by atoms with Crippen LogP contribution >= 0.6 is 0 Å². The van der Waals surface area contributed by atoms with Gasteiger partial charge < -0.3 is 0 Å². The summed E-state index contributed by atoms with van der Waals surface area (Å²) in [6.45, 7) is 6.41. The third-order valence-electron chi connectivity index (χ3n) is 1.62. The van der Waals surface area contributed by atoms with Gasteiger partial charge in [-0.3, -0.25) is 0 Å². The van der Waals surface area contributed by atoms with Crippen molar-refractivity contribution >= 4 is 0 Å². The van der Waals surface area contributed by atoms with Crippen LogP contribution < -0.4 is 0 Å². The summed E-state index contributed by atoms with van der Waals surface area (Å²) in [7, 11) is 0. The summed E-state index contributed by atoms with van der Waals surface area (Å²) in [6, 6.07) is 0. The highest BCUT2D eigenvalue weighted by molar-refractivity contribution is 4.96. The Morgan fingerprint density at radius 3 is 2.36 bits per heavy atom. The molecule has 0 nitrogen and oxygen atoms in total. The van der Waals surface area contributed by atoms with Crippen molar-refractivity contribution in [3.8, 4) is 0 Å². The monoisotopic (exact) mass is 158 g/mol. The average Bonchev–Trinajstić information content (AvgIpc) is 1.97. The van der Waals surface area contributed by atoms with E-state index in [-0.39, 0.29) is 5.83 Å². The van der Waals surface area contributed by atoms with Crippen molar-refractivity contribution in [1.29, 1.82) is 0 Å². The van der Waals surface area contributed by atoms with Crippen molar-refractivity contribution in [2.75, 3.05) is 0 Å². The molecule has 1 atom stereocenters. The molecule has 0 amide bonds. The zero-order valence-corrected chi connectivity index (χ0v) is 7.86. The van der Waals surface area contributed by atoms with Crippen LogP contribution in [0.25, 0.3) is 0 Å². The number of allylic oxidation sites excluding steroid dienone is 2. The lowest BCUT2D eigenvalue weighted by Gasteiger charge is -2.12. The molecule has 0 saturated heterocycles. The summed E-state index contributed by atoms with van der Waals surface area (Å²) in [5.41, 5.74) is 0. The number of hydrogen-bond acceptors (Lipinski definition) is 0. The van der Waals surface area contributed by atoms with Gasteiger partial charge in [0.1, 0.15) is 0 Å². The van der Waals surface area contributed by atoms with Gasteiger partial charge in [0.05, 0.1) is 5.83 Å². The molecule has 66 valence electrons. The van der Waals surface area contributed by atoms with Crippen LogP contribution in [0.15, 0.2) is 11.9 Å². The average molecular weight is 158 g/mol. The van der Waals surface area contributed by atoms with E-state index in [0.717, 1.165) is 12.8 Å². The van der Waals surface area contributed by atoms with Gasteiger partial charge in [0.2, 0.25) is 0 Å². The Kier molecular flexibility index (Phi) is 6.19. The highest BCUT2D eigenvalue weighted by Crippen LogP contribution is 2.22. The maximum Gasteiger partial charge on any atom is 0.0960 e. The van der Waals surface area contributed by atoms with E-state index in [1.807, 2.05) is 0 Å². The fraction of sp³-hybridized carbons (Fsp3) is 0.800. The Bertz CT molecular complexity index is 116. The topological polar surface area (TPSA) is 0 Å². The minimum atomic E-state index is 0.0862. The molecule has 1 aliphatic rings. The van der Waals surface area contributed by atoms with E-state index in [2.05, 4.69) is 20.8 Å². The second-order valence-corrected chi connectivity index (χ2v) is 3.24. The zero-order chi connectivity index (χ0) is 8.69. The van der Waals surface area contributed by atoms with Crippen molar-refractivity contribution in [2.24, 2.45) is 5.92 Å². The van der Waals surface area contributed by atoms with Crippen LogP contribution in [0.3, 0.4) is 0 Å². The molecule has 0 radical (unpaired) electrons. The predicted molar refractivity (Wildman–Crippen MR) is 48.2 cm³/mol. The summed E-state index contributed by atoms with van der Waals surface area (Å²) in [4.78, 5) is 0. The van der Waals surface area contributed by atoms with Crippen LogP contribution in [-0.4, -0.2) is 0 Å². The van der Waals surface area contributed by atoms with E-state index in [1.165, 1.54) is 6.42 Å². The first kappa shape index (κ1) is 10.7. The molecule has 0 aromatic rings. The van der Waals surface area contributed by atoms with Crippen LogP contribution in [-0.2, 0) is 0 Å². The van der Waals surface area contributed by atoms with Crippen LogP contribution in [0.2, 0.25) is 0 Å². The summed E-state index contributed by atoms with van der Waals surface area (Å²) >= 11 is 0. The maximum atomic E-state index is 12.2. The third kappa shape index (κ3) is 6.08. The zero-order valence-electron chi connectivity index (χ0n) is 7.86. The molecule has 0 N–H and O–H groups in total. The highest BCUT2D eigenvalue weighted by atomic mass is 19.1. The van der Waals surface area contributed by atoms with Crippen molar-refractivity contribution in [1.82, 2.24) is 0 Å². The lowest BCUT2D eigenvalue weighted by atomic mass is 9.96. The Labute approximate surface area is 69.5 Å². The molecule has 1 heteroatoms. The molecular weight excluding hydrogens is 139 g/mol. The summed E-state index contributed by atoms with van der Waals surface area (Å²) in [5.74, 6) is 0.789. The first-order valence-electron chi connectivity index (χ1n) is 4.55. The molecule has 0 saturated carbocycles. The predicted octanol–water partition coefficient (Wildman–Crippen LogP) is 4.08. The lowest BCUT2D eigenvalue weighted by Crippen LogP contribution is -1.98. The van der Waals surface area contributed by atoms with Crippen LogP contribution in [0.5, 0.6) is 0 Å². The summed E-state index contributed by atoms with van der Waals surface area (Å²) in [6.07, 6.45) is 5.59. The first-order chi connectivity index (χ1) is 5.20. The fourth-order valence-electron chi connectivity index (χ4n) is 0.933. The largest absolute Gasteiger partial charge is 0.212 e. The second-order valence-electron chi connectivity index (χ2n) is 3.24. The summed E-state index contributed by atoms with van der Waals surface area (Å²) in [5, 5.41) is 0. The van der Waals surface area contributed by atoms with Crippen LogP contribution in [0, 0.1) is 5.92 Å². The van der Waals surface area contributed by atoms with Crippen molar-refractivity contribution in [3.05, 3.63) is 11.9 Å². The molecule has 1 rings (SSSR count). The van der Waals surface area contributed by atoms with E-state index in [1.54, 1.807) is 6.08 Å². The second kappa shape index (κ2) is 6.38. The van der Waals surface area contributed by atoms with E-state index < -0.39 is 0 Å². The lowest BCUT2D eigenvalue weighted by molar-refractivity contribution is 0.451. The van der Waals surface area contributed by atoms with Crippen molar-refractivity contribution in [3.63, 3.8) is 0 Å². The molecule has 11 heavy (non-hydrogen) atoms. The van der Waals surface area contributed by atoms with Gasteiger partial charge in [0.25, 0.3) is 0 Å². The Balaban J connectivity index is 0.000000292. The van der Waals surface area contributed by atoms with Gasteiger partial charge in [0, 0.05) is 0 Å². The molecule has 0 aromatic heterocycles. The smallest absolute Gasteiger partial charge is 0.0960 e. The molecule has 0 heterocycles. The van der Waals surface area contributed by atoms with Gasteiger partial charge in [-0.25, -0.2) is 4.39 Å². The quantitative estimate of drug-likeness (QED) is 0.498. The van der Waals surface area contributed by atoms with Crippen LogP contribution in [0.4, 0.5) is 4.39 Å². The highest BCUT2D eigenvalue weighted by Gasteiger charge is 2.07. The Hall–Kier alpha value is -0.330. The molecule has 0 aromatic carbocycles. The van der Waals surface area contributed by atoms with E-state index in [9.17, 15) is 4.39 Å². The Morgan fingerprint density at radius 1 is 1.55 bits per heavy atom. The van der Waals surface area contributed by atoms with Gasteiger partial charge in [-0.15, -0.1) is 0 Å². The number of rotatable bonds is 0. The fourth-order valence-corrected chi connectivity index (χ4v) is 0.933. The van der Waals surface area contributed by atoms with E-state index >= 15 is 0 Å². The maximum absolute atomic E-state index is 12.2. The van der Waals surface area contributed by atoms with Crippen molar-refractivity contribution < 1.29 is 4.39 Å². The minimum Gasteiger partial charge on any atom is -0.212 e. The number of hydrogen-bond donors (Lipinski definition) is 0. The number of halogens is 1. The summed E-state index contributed by atoms with van der Waals surface area (Å²) < 4.78 is 12.2. The normalized spacial score (nSPS) is 23.3. The van der Waals surface area contributed by atoms with E-state index in [4.69, 9.17) is 0 Å². The molecule has 1 unspecified atom stereocenters. The molecule has 0 spiro atoms. The minimum absolute atomic E-state index is 0.0862. The molecule has 0 fully saturated rings. The molecule has 0 bridgehead atoms. The van der Waals surface area contributed by atoms with Gasteiger partial charge >= 0.3 is 0 Å². The van der Waals surface area contributed by atoms with Crippen molar-refractivity contribution in [2.45, 2.75) is 46.5 Å². The van der Waals surface area contributed by atoms with Gasteiger partial charge in [0.15, 0.2) is 0 Å². The van der Waals surface area contributed by atoms with Gasteiger partial charge in [-0.05, 0) is 25.2 Å². The molecule has 0 aliphatic heterocycles.